The largest absolute Gasteiger partial charge is 0.480 e. The van der Waals surface area contributed by atoms with E-state index < -0.39 is 77.0 Å². The highest BCUT2D eigenvalue weighted by molar-refractivity contribution is 7.78. The molecule has 1 unspecified atom stereocenters. The molecule has 0 aliphatic rings. The van der Waals surface area contributed by atoms with E-state index in [9.17, 15) is 28.6 Å². The third-order valence-corrected chi connectivity index (χ3v) is 5.99. The number of rotatable bonds is 17. The Morgan fingerprint density at radius 3 is 1.54 bits per heavy atom. The highest BCUT2D eigenvalue weighted by Gasteiger charge is 2.28. The Kier molecular flexibility index (Phi) is 12.3. The summed E-state index contributed by atoms with van der Waals surface area (Å²) in [5, 5.41) is 38.5. The quantitative estimate of drug-likeness (QED) is 0.0792. The Hall–Kier alpha value is -3.03. The van der Waals surface area contributed by atoms with Crippen molar-refractivity contribution in [2.24, 2.45) is 4.99 Å². The van der Waals surface area contributed by atoms with Gasteiger partial charge in [0.05, 0.1) is 62.8 Å². The van der Waals surface area contributed by atoms with Crippen LogP contribution >= 0.6 is 19.6 Å². The van der Waals surface area contributed by atoms with E-state index >= 15 is 0 Å². The fourth-order valence-electron chi connectivity index (χ4n) is 3.15. The van der Waals surface area contributed by atoms with Crippen LogP contribution in [0.1, 0.15) is 5.56 Å². The summed E-state index contributed by atoms with van der Waals surface area (Å²) in [6.07, 6.45) is -0.918. The Morgan fingerprint density at radius 2 is 1.20 bits per heavy atom. The van der Waals surface area contributed by atoms with E-state index in [0.717, 1.165) is 14.7 Å². The Balaban J connectivity index is 3.16. The lowest BCUT2D eigenvalue weighted by Crippen LogP contribution is -2.49. The molecule has 1 aromatic carbocycles. The first-order valence-corrected chi connectivity index (χ1v) is 12.3. The van der Waals surface area contributed by atoms with Gasteiger partial charge in [-0.1, -0.05) is 12.1 Å². The molecule has 0 bridgehead atoms. The van der Waals surface area contributed by atoms with Crippen LogP contribution in [-0.4, -0.2) is 115 Å². The first-order valence-electron chi connectivity index (χ1n) is 9.81. The van der Waals surface area contributed by atoms with Crippen molar-refractivity contribution in [1.82, 2.24) is 14.7 Å². The van der Waals surface area contributed by atoms with Gasteiger partial charge in [0, 0.05) is 0 Å². The molecule has 0 saturated heterocycles. The topological polar surface area (TPSA) is 209 Å². The molecule has 0 spiro atoms. The summed E-state index contributed by atoms with van der Waals surface area (Å²) in [6.45, 7) is -3.81. The van der Waals surface area contributed by atoms with Crippen molar-refractivity contribution in [3.8, 4) is 0 Å². The third-order valence-electron chi connectivity index (χ3n) is 4.20. The molecule has 1 aromatic rings. The molecular weight excluding hydrogens is 507 g/mol. The first-order chi connectivity index (χ1) is 16.3. The molecule has 35 heavy (non-hydrogen) atoms. The van der Waals surface area contributed by atoms with Crippen molar-refractivity contribution in [3.05, 3.63) is 29.8 Å². The minimum Gasteiger partial charge on any atom is -0.480 e. The number of carboxylic acids is 4. The standard InChI is InChI=1S/C19H25N4O10PS/c24-16(25)5-21(6-17(26)27)11-23(12-22(7-18(28)29)8-19(30)31)13-34(32,33)9-14-1-3-15(4-2-14)20-10-35/h1-4H,5-9,11-13H2,(H,24,25)(H,26,27)(H,28,29)(H,30,31)(H,32,33). The van der Waals surface area contributed by atoms with Crippen LogP contribution in [0, 0.1) is 0 Å². The van der Waals surface area contributed by atoms with Crippen LogP contribution in [0.4, 0.5) is 5.69 Å². The van der Waals surface area contributed by atoms with Gasteiger partial charge < -0.3 is 25.3 Å². The van der Waals surface area contributed by atoms with Gasteiger partial charge in [0.1, 0.15) is 0 Å². The highest BCUT2D eigenvalue weighted by atomic mass is 32.1. The second-order valence-corrected chi connectivity index (χ2v) is 9.99. The zero-order chi connectivity index (χ0) is 26.6. The average Bonchev–Trinajstić information content (AvgIpc) is 2.66. The van der Waals surface area contributed by atoms with Crippen LogP contribution in [0.15, 0.2) is 29.3 Å². The van der Waals surface area contributed by atoms with Gasteiger partial charge in [0.25, 0.3) is 0 Å². The molecule has 1 rings (SSSR count). The maximum absolute atomic E-state index is 13.0. The maximum atomic E-state index is 13.0. The van der Waals surface area contributed by atoms with Gasteiger partial charge in [-0.2, -0.15) is 4.99 Å². The summed E-state index contributed by atoms with van der Waals surface area (Å²) in [7, 11) is -4.03. The van der Waals surface area contributed by atoms with E-state index in [1.807, 2.05) is 0 Å². The molecule has 0 heterocycles. The van der Waals surface area contributed by atoms with E-state index in [-0.39, 0.29) is 6.16 Å². The number of aliphatic imine (C=N–C) groups is 1. The van der Waals surface area contributed by atoms with Crippen molar-refractivity contribution in [3.63, 3.8) is 0 Å². The van der Waals surface area contributed by atoms with E-state index in [1.54, 1.807) is 24.3 Å². The lowest BCUT2D eigenvalue weighted by atomic mass is 10.2. The van der Waals surface area contributed by atoms with Crippen molar-refractivity contribution < 1.29 is 49.1 Å². The minimum absolute atomic E-state index is 0.319. The predicted molar refractivity (Wildman–Crippen MR) is 125 cm³/mol. The van der Waals surface area contributed by atoms with Crippen LogP contribution in [0.3, 0.4) is 0 Å². The summed E-state index contributed by atoms with van der Waals surface area (Å²) < 4.78 is 13.0. The number of carboxylic acid groups (broad SMARTS) is 4. The summed E-state index contributed by atoms with van der Waals surface area (Å²) >= 11 is 4.51. The zero-order valence-corrected chi connectivity index (χ0v) is 20.1. The van der Waals surface area contributed by atoms with Crippen molar-refractivity contribution in [2.45, 2.75) is 6.16 Å². The van der Waals surface area contributed by atoms with Gasteiger partial charge >= 0.3 is 23.9 Å². The molecule has 14 nitrogen and oxygen atoms in total. The second kappa shape index (κ2) is 14.4. The van der Waals surface area contributed by atoms with Crippen LogP contribution < -0.4 is 0 Å². The molecule has 16 heteroatoms. The predicted octanol–water partition coefficient (Wildman–Crippen LogP) is 0.308. The Bertz CT molecular complexity index is 945. The smallest absolute Gasteiger partial charge is 0.317 e. The lowest BCUT2D eigenvalue weighted by molar-refractivity contribution is -0.143. The zero-order valence-electron chi connectivity index (χ0n) is 18.4. The van der Waals surface area contributed by atoms with Crippen molar-refractivity contribution >= 4 is 54.3 Å². The lowest BCUT2D eigenvalue weighted by Gasteiger charge is -2.33. The first kappa shape index (κ1) is 30.0. The Labute approximate surface area is 205 Å². The van der Waals surface area contributed by atoms with E-state index in [1.165, 1.54) is 0 Å². The van der Waals surface area contributed by atoms with Crippen LogP contribution in [0.5, 0.6) is 0 Å². The molecule has 0 radical (unpaired) electrons. The SMILES string of the molecule is O=C(O)CN(CC(=O)O)CN(CN(CC(=O)O)CC(=O)O)CP(=O)(O)Cc1ccc(N=C=S)cc1. The van der Waals surface area contributed by atoms with Gasteiger partial charge in [0.15, 0.2) is 0 Å². The molecule has 0 aliphatic carbocycles. The van der Waals surface area contributed by atoms with Crippen LogP contribution in [0.25, 0.3) is 0 Å². The number of hydrogen-bond acceptors (Lipinski definition) is 10. The van der Waals surface area contributed by atoms with Crippen molar-refractivity contribution in [1.29, 1.82) is 0 Å². The number of hydrogen-bond donors (Lipinski definition) is 5. The third kappa shape index (κ3) is 13.4. The minimum atomic E-state index is -4.03. The molecular formula is C19H25N4O10PS. The number of isothiocyanates is 1. The van der Waals surface area contributed by atoms with E-state index in [2.05, 4.69) is 22.4 Å². The molecule has 192 valence electrons. The summed E-state index contributed by atoms with van der Waals surface area (Å²) in [5.74, 6) is -5.42. The molecule has 0 saturated carbocycles. The number of aliphatic carboxylic acids is 4. The second-order valence-electron chi connectivity index (χ2n) is 7.52. The molecule has 0 amide bonds. The summed E-state index contributed by atoms with van der Waals surface area (Å²) in [6, 6.07) is 6.19. The summed E-state index contributed by atoms with van der Waals surface area (Å²) in [4.78, 5) is 62.0. The number of benzene rings is 1. The fraction of sp³-hybridized carbons (Fsp3) is 0.421. The molecule has 0 aliphatic heterocycles. The van der Waals surface area contributed by atoms with E-state index in [4.69, 9.17) is 20.4 Å². The van der Waals surface area contributed by atoms with Crippen LogP contribution in [0.2, 0.25) is 0 Å². The molecule has 5 N–H and O–H groups in total. The number of thiocarbonyl (C=S) groups is 1. The van der Waals surface area contributed by atoms with Crippen molar-refractivity contribution in [2.75, 3.05) is 45.8 Å². The van der Waals surface area contributed by atoms with Gasteiger partial charge in [-0.25, -0.2) is 0 Å². The van der Waals surface area contributed by atoms with Gasteiger partial charge in [-0.15, -0.1) is 0 Å². The number of carbonyl (C=O) groups is 4. The monoisotopic (exact) mass is 532 g/mol. The highest BCUT2D eigenvalue weighted by Crippen LogP contribution is 2.45. The van der Waals surface area contributed by atoms with Gasteiger partial charge in [-0.05, 0) is 29.9 Å². The maximum Gasteiger partial charge on any atom is 0.317 e. The normalized spacial score (nSPS) is 12.8. The van der Waals surface area contributed by atoms with E-state index in [0.29, 0.717) is 11.3 Å². The van der Waals surface area contributed by atoms with Gasteiger partial charge in [0.2, 0.25) is 7.37 Å². The number of nitrogens with zero attached hydrogens (tertiary/aromatic N) is 4. The molecule has 0 aromatic heterocycles. The molecule has 0 fully saturated rings. The van der Waals surface area contributed by atoms with Crippen LogP contribution in [-0.2, 0) is 29.9 Å². The Morgan fingerprint density at radius 1 is 0.800 bits per heavy atom. The van der Waals surface area contributed by atoms with Gasteiger partial charge in [-0.3, -0.25) is 38.4 Å². The molecule has 1 atom stereocenters. The summed E-state index contributed by atoms with van der Waals surface area (Å²) in [5.41, 5.74) is 0.939. The average molecular weight is 532 g/mol. The fourth-order valence-corrected chi connectivity index (χ4v) is 4.94.